The van der Waals surface area contributed by atoms with E-state index in [2.05, 4.69) is 10.6 Å². The molecule has 1 fully saturated rings. The van der Waals surface area contributed by atoms with Gasteiger partial charge in [0.15, 0.2) is 0 Å². The maximum Gasteiger partial charge on any atom is 0.319 e. The Labute approximate surface area is 122 Å². The van der Waals surface area contributed by atoms with Gasteiger partial charge in [0.05, 0.1) is 0 Å². The molecule has 0 radical (unpaired) electrons. The molecule has 1 aromatic carbocycles. The first-order valence-corrected chi connectivity index (χ1v) is 6.68. The van der Waals surface area contributed by atoms with Crippen LogP contribution in [-0.2, 0) is 16.1 Å². The van der Waals surface area contributed by atoms with Gasteiger partial charge in [0.25, 0.3) is 5.91 Å². The average Bonchev–Trinajstić information content (AvgIpc) is 2.49. The Balaban J connectivity index is 1.92. The second kappa shape index (κ2) is 6.36. The van der Waals surface area contributed by atoms with Gasteiger partial charge in [-0.15, -0.1) is 0 Å². The number of hydrogen-bond acceptors (Lipinski definition) is 4. The van der Waals surface area contributed by atoms with Gasteiger partial charge >= 0.3 is 6.03 Å². The molecule has 4 N–H and O–H groups in total. The van der Waals surface area contributed by atoms with Crippen molar-refractivity contribution in [1.82, 2.24) is 10.2 Å². The van der Waals surface area contributed by atoms with Crippen LogP contribution in [0.1, 0.15) is 18.4 Å². The summed E-state index contributed by atoms with van der Waals surface area (Å²) in [5.74, 6) is -0.615. The summed E-state index contributed by atoms with van der Waals surface area (Å²) < 4.78 is 0. The van der Waals surface area contributed by atoms with E-state index in [1.54, 1.807) is 12.1 Å². The average molecular weight is 290 g/mol. The molecule has 21 heavy (non-hydrogen) atoms. The topological polar surface area (TPSA) is 105 Å². The van der Waals surface area contributed by atoms with E-state index in [0.29, 0.717) is 18.7 Å². The molecule has 0 saturated carbocycles. The van der Waals surface area contributed by atoms with Crippen molar-refractivity contribution in [2.45, 2.75) is 25.4 Å². The quantitative estimate of drug-likeness (QED) is 0.701. The molecule has 1 atom stereocenters. The SMILES string of the molecule is CN1C(=O)CCC(NC(=O)Nc2ccc(CN)cc2)C1=O. The van der Waals surface area contributed by atoms with Gasteiger partial charge in [-0.05, 0) is 24.1 Å². The minimum atomic E-state index is -0.670. The van der Waals surface area contributed by atoms with E-state index in [0.717, 1.165) is 10.5 Å². The van der Waals surface area contributed by atoms with Gasteiger partial charge in [-0.1, -0.05) is 12.1 Å². The van der Waals surface area contributed by atoms with Gasteiger partial charge in [-0.3, -0.25) is 14.5 Å². The fraction of sp³-hybridized carbons (Fsp3) is 0.357. The van der Waals surface area contributed by atoms with Crippen LogP contribution >= 0.6 is 0 Å². The van der Waals surface area contributed by atoms with Crippen molar-refractivity contribution in [2.75, 3.05) is 12.4 Å². The highest BCUT2D eigenvalue weighted by molar-refractivity contribution is 6.02. The Hall–Kier alpha value is -2.41. The molecule has 1 heterocycles. The van der Waals surface area contributed by atoms with E-state index in [1.807, 2.05) is 12.1 Å². The highest BCUT2D eigenvalue weighted by atomic mass is 16.2. The van der Waals surface area contributed by atoms with Crippen LogP contribution in [0.2, 0.25) is 0 Å². The van der Waals surface area contributed by atoms with Crippen LogP contribution in [0.25, 0.3) is 0 Å². The summed E-state index contributed by atoms with van der Waals surface area (Å²) in [5, 5.41) is 5.22. The van der Waals surface area contributed by atoms with Crippen molar-refractivity contribution in [3.8, 4) is 0 Å². The number of urea groups is 1. The second-order valence-electron chi connectivity index (χ2n) is 4.88. The fourth-order valence-corrected chi connectivity index (χ4v) is 2.10. The number of likely N-dealkylation sites (N-methyl/N-ethyl adjacent to an activating group) is 1. The Morgan fingerprint density at radius 2 is 2.00 bits per heavy atom. The fourth-order valence-electron chi connectivity index (χ4n) is 2.10. The summed E-state index contributed by atoms with van der Waals surface area (Å²) in [6, 6.07) is 5.95. The second-order valence-corrected chi connectivity index (χ2v) is 4.88. The van der Waals surface area contributed by atoms with Gasteiger partial charge in [-0.2, -0.15) is 0 Å². The number of benzene rings is 1. The number of rotatable bonds is 3. The number of piperidine rings is 1. The van der Waals surface area contributed by atoms with Crippen LogP contribution in [0, 0.1) is 0 Å². The maximum absolute atomic E-state index is 11.9. The first kappa shape index (κ1) is 15.0. The lowest BCUT2D eigenvalue weighted by atomic mass is 10.1. The highest BCUT2D eigenvalue weighted by Gasteiger charge is 2.32. The van der Waals surface area contributed by atoms with Gasteiger partial charge in [0.2, 0.25) is 5.91 Å². The molecule has 1 unspecified atom stereocenters. The molecule has 112 valence electrons. The summed E-state index contributed by atoms with van der Waals surface area (Å²) in [7, 11) is 1.42. The van der Waals surface area contributed by atoms with E-state index in [1.165, 1.54) is 7.05 Å². The van der Waals surface area contributed by atoms with E-state index in [4.69, 9.17) is 5.73 Å². The Bertz CT molecular complexity index is 556. The predicted octanol–water partition coefficient (Wildman–Crippen LogP) is 0.414. The number of anilines is 1. The first-order chi connectivity index (χ1) is 10.0. The molecule has 4 amide bonds. The monoisotopic (exact) mass is 290 g/mol. The van der Waals surface area contributed by atoms with Crippen molar-refractivity contribution >= 4 is 23.5 Å². The molecule has 1 saturated heterocycles. The normalized spacial score (nSPS) is 18.6. The zero-order chi connectivity index (χ0) is 15.4. The third-order valence-electron chi connectivity index (χ3n) is 3.40. The number of likely N-dealkylation sites (tertiary alicyclic amines) is 1. The Kier molecular flexibility index (Phi) is 4.54. The molecule has 0 aromatic heterocycles. The van der Waals surface area contributed by atoms with E-state index in [-0.39, 0.29) is 18.2 Å². The summed E-state index contributed by atoms with van der Waals surface area (Å²) in [5.41, 5.74) is 7.07. The lowest BCUT2D eigenvalue weighted by Gasteiger charge is -2.28. The lowest BCUT2D eigenvalue weighted by molar-refractivity contribution is -0.147. The Morgan fingerprint density at radius 3 is 2.62 bits per heavy atom. The number of nitrogens with one attached hydrogen (secondary N) is 2. The van der Waals surface area contributed by atoms with Crippen molar-refractivity contribution in [1.29, 1.82) is 0 Å². The van der Waals surface area contributed by atoms with E-state index in [9.17, 15) is 14.4 Å². The van der Waals surface area contributed by atoms with Crippen molar-refractivity contribution in [3.63, 3.8) is 0 Å². The minimum absolute atomic E-state index is 0.226. The number of carbonyl (C=O) groups excluding carboxylic acids is 3. The molecule has 0 bridgehead atoms. The van der Waals surface area contributed by atoms with Crippen LogP contribution in [0.4, 0.5) is 10.5 Å². The molecular weight excluding hydrogens is 272 g/mol. The molecular formula is C14H18N4O3. The van der Waals surface area contributed by atoms with Crippen molar-refractivity contribution in [3.05, 3.63) is 29.8 Å². The summed E-state index contributed by atoms with van der Waals surface area (Å²) in [4.78, 5) is 36.1. The standard InChI is InChI=1S/C14H18N4O3/c1-18-12(19)7-6-11(13(18)20)17-14(21)16-10-4-2-9(8-15)3-5-10/h2-5,11H,6-8,15H2,1H3,(H2,16,17,21). The summed E-state index contributed by atoms with van der Waals surface area (Å²) >= 11 is 0. The molecule has 1 aromatic rings. The summed E-state index contributed by atoms with van der Waals surface area (Å²) in [6.07, 6.45) is 0.569. The number of hydrogen-bond donors (Lipinski definition) is 3. The molecule has 7 nitrogen and oxygen atoms in total. The predicted molar refractivity (Wildman–Crippen MR) is 77.3 cm³/mol. The maximum atomic E-state index is 11.9. The molecule has 1 aliphatic heterocycles. The number of amides is 4. The van der Waals surface area contributed by atoms with Gasteiger partial charge in [0.1, 0.15) is 6.04 Å². The van der Waals surface area contributed by atoms with E-state index < -0.39 is 12.1 Å². The molecule has 1 aliphatic rings. The summed E-state index contributed by atoms with van der Waals surface area (Å²) in [6.45, 7) is 0.434. The molecule has 0 spiro atoms. The zero-order valence-electron chi connectivity index (χ0n) is 11.8. The van der Waals surface area contributed by atoms with Gasteiger partial charge in [-0.25, -0.2) is 4.79 Å². The molecule has 2 rings (SSSR count). The zero-order valence-corrected chi connectivity index (χ0v) is 11.8. The first-order valence-electron chi connectivity index (χ1n) is 6.68. The van der Waals surface area contributed by atoms with E-state index >= 15 is 0 Å². The highest BCUT2D eigenvalue weighted by Crippen LogP contribution is 2.12. The number of nitrogens with two attached hydrogens (primary N) is 1. The van der Waals surface area contributed by atoms with Crippen molar-refractivity contribution in [2.24, 2.45) is 5.73 Å². The van der Waals surface area contributed by atoms with Crippen molar-refractivity contribution < 1.29 is 14.4 Å². The van der Waals surface area contributed by atoms with Gasteiger partial charge < -0.3 is 16.4 Å². The third kappa shape index (κ3) is 3.57. The molecule has 0 aliphatic carbocycles. The van der Waals surface area contributed by atoms with Crippen LogP contribution in [0.5, 0.6) is 0 Å². The Morgan fingerprint density at radius 1 is 1.33 bits per heavy atom. The minimum Gasteiger partial charge on any atom is -0.326 e. The lowest BCUT2D eigenvalue weighted by Crippen LogP contribution is -2.53. The number of nitrogens with zero attached hydrogens (tertiary/aromatic N) is 1. The van der Waals surface area contributed by atoms with Crippen LogP contribution in [0.3, 0.4) is 0 Å². The third-order valence-corrected chi connectivity index (χ3v) is 3.40. The molecule has 7 heteroatoms. The smallest absolute Gasteiger partial charge is 0.319 e. The van der Waals surface area contributed by atoms with Crippen LogP contribution in [0.15, 0.2) is 24.3 Å². The van der Waals surface area contributed by atoms with Gasteiger partial charge in [0, 0.05) is 25.7 Å². The number of carbonyl (C=O) groups is 3. The van der Waals surface area contributed by atoms with Crippen LogP contribution in [-0.4, -0.2) is 35.8 Å². The van der Waals surface area contributed by atoms with Crippen LogP contribution < -0.4 is 16.4 Å². The number of imide groups is 1. The largest absolute Gasteiger partial charge is 0.326 e.